The van der Waals surface area contributed by atoms with Crippen LogP contribution < -0.4 is 10.6 Å². The molecule has 4 amide bonds. The highest BCUT2D eigenvalue weighted by atomic mass is 16.2. The monoisotopic (exact) mass is 511 g/mol. The maximum Gasteiger partial charge on any atom is 0.273 e. The van der Waals surface area contributed by atoms with Crippen molar-refractivity contribution in [2.24, 2.45) is 7.05 Å². The Hall–Kier alpha value is -4.80. The molecule has 0 radical (unpaired) electrons. The summed E-state index contributed by atoms with van der Waals surface area (Å²) in [4.78, 5) is 51.0. The summed E-state index contributed by atoms with van der Waals surface area (Å²) >= 11 is 0. The summed E-state index contributed by atoms with van der Waals surface area (Å²) in [6.07, 6.45) is 4.78. The summed E-state index contributed by atoms with van der Waals surface area (Å²) in [5.74, 6) is -1.38. The minimum absolute atomic E-state index is 0.167. The summed E-state index contributed by atoms with van der Waals surface area (Å²) in [6.45, 7) is 0.742. The normalized spacial score (nSPS) is 17.1. The Morgan fingerprint density at radius 1 is 1.13 bits per heavy atom. The lowest BCUT2D eigenvalue weighted by Crippen LogP contribution is -2.52. The number of para-hydroxylation sites is 1. The second kappa shape index (κ2) is 9.25. The van der Waals surface area contributed by atoms with Crippen LogP contribution in [-0.2, 0) is 29.6 Å². The molecule has 38 heavy (non-hydrogen) atoms. The van der Waals surface area contributed by atoms with Crippen molar-refractivity contribution < 1.29 is 19.2 Å². The molecule has 0 saturated carbocycles. The third-order valence-electron chi connectivity index (χ3n) is 7.16. The molecule has 4 heterocycles. The van der Waals surface area contributed by atoms with Crippen molar-refractivity contribution in [1.29, 1.82) is 0 Å². The Balaban J connectivity index is 1.12. The first-order valence-corrected chi connectivity index (χ1v) is 12.4. The third-order valence-corrected chi connectivity index (χ3v) is 7.16. The number of aryl methyl sites for hydroxylation is 1. The summed E-state index contributed by atoms with van der Waals surface area (Å²) in [6, 6.07) is 12.7. The lowest BCUT2D eigenvalue weighted by molar-refractivity contribution is -0.136. The molecule has 0 aliphatic carbocycles. The van der Waals surface area contributed by atoms with E-state index in [-0.39, 0.29) is 29.8 Å². The molecule has 1 atom stereocenters. The highest BCUT2D eigenvalue weighted by molar-refractivity contribution is 6.05. The van der Waals surface area contributed by atoms with Crippen LogP contribution in [0.4, 0.5) is 0 Å². The van der Waals surface area contributed by atoms with E-state index in [1.807, 2.05) is 19.2 Å². The quantitative estimate of drug-likeness (QED) is 0.377. The zero-order valence-corrected chi connectivity index (χ0v) is 20.7. The van der Waals surface area contributed by atoms with E-state index in [1.165, 1.54) is 15.8 Å². The maximum atomic E-state index is 13.1. The molecule has 2 N–H and O–H groups in total. The molecule has 192 valence electrons. The molecular formula is C27H25N7O4. The van der Waals surface area contributed by atoms with Crippen molar-refractivity contribution >= 4 is 34.5 Å². The molecule has 6 rings (SSSR count). The van der Waals surface area contributed by atoms with Gasteiger partial charge in [0.15, 0.2) is 5.69 Å². The van der Waals surface area contributed by atoms with Gasteiger partial charge in [0.1, 0.15) is 6.04 Å². The summed E-state index contributed by atoms with van der Waals surface area (Å²) in [5.41, 5.74) is 4.29. The minimum atomic E-state index is -0.674. The van der Waals surface area contributed by atoms with Crippen molar-refractivity contribution in [3.63, 3.8) is 0 Å². The van der Waals surface area contributed by atoms with Crippen LogP contribution in [0.25, 0.3) is 16.6 Å². The van der Waals surface area contributed by atoms with Crippen molar-refractivity contribution in [3.05, 3.63) is 77.2 Å². The van der Waals surface area contributed by atoms with Crippen molar-refractivity contribution in [3.8, 4) is 5.69 Å². The highest BCUT2D eigenvalue weighted by Crippen LogP contribution is 2.29. The van der Waals surface area contributed by atoms with Gasteiger partial charge in [-0.05, 0) is 42.2 Å². The maximum absolute atomic E-state index is 13.1. The predicted molar refractivity (Wildman–Crippen MR) is 136 cm³/mol. The number of nitrogens with one attached hydrogen (secondary N) is 2. The molecule has 1 unspecified atom stereocenters. The fraction of sp³-hybridized carbons (Fsp3) is 0.259. The molecule has 11 nitrogen and oxygen atoms in total. The fourth-order valence-corrected chi connectivity index (χ4v) is 5.21. The molecule has 0 bridgehead atoms. The number of carbonyl (C=O) groups excluding carboxylic acids is 4. The van der Waals surface area contributed by atoms with Crippen LogP contribution in [0, 0.1) is 0 Å². The number of amides is 4. The average molecular weight is 512 g/mol. The topological polar surface area (TPSA) is 131 Å². The number of piperidine rings is 1. The SMILES string of the molecule is Cn1cc(CCNC(=O)c2cn(-c3ccc4c(c3)C(=O)N(C3CCC(=O)NC3=O)C4)nn2)c2ccccc21. The van der Waals surface area contributed by atoms with E-state index in [2.05, 4.69) is 43.8 Å². The Morgan fingerprint density at radius 2 is 1.97 bits per heavy atom. The highest BCUT2D eigenvalue weighted by Gasteiger charge is 2.39. The minimum Gasteiger partial charge on any atom is -0.350 e. The fourth-order valence-electron chi connectivity index (χ4n) is 5.21. The second-order valence-corrected chi connectivity index (χ2v) is 9.58. The number of rotatable bonds is 6. The van der Waals surface area contributed by atoms with Gasteiger partial charge < -0.3 is 14.8 Å². The van der Waals surface area contributed by atoms with E-state index < -0.39 is 11.9 Å². The third kappa shape index (κ3) is 4.11. The number of hydrogen-bond acceptors (Lipinski definition) is 6. The number of nitrogens with zero attached hydrogens (tertiary/aromatic N) is 5. The Kier molecular flexibility index (Phi) is 5.74. The predicted octanol–water partition coefficient (Wildman–Crippen LogP) is 1.49. The first-order valence-electron chi connectivity index (χ1n) is 12.4. The molecule has 0 spiro atoms. The summed E-state index contributed by atoms with van der Waals surface area (Å²) in [7, 11) is 2.00. The van der Waals surface area contributed by atoms with Gasteiger partial charge in [0.2, 0.25) is 11.8 Å². The Labute approximate surface area is 217 Å². The van der Waals surface area contributed by atoms with Gasteiger partial charge in [-0.2, -0.15) is 0 Å². The zero-order valence-electron chi connectivity index (χ0n) is 20.7. The van der Waals surface area contributed by atoms with Crippen LogP contribution in [0.3, 0.4) is 0 Å². The molecule has 2 aromatic carbocycles. The van der Waals surface area contributed by atoms with Crippen LogP contribution in [-0.4, -0.2) is 60.7 Å². The van der Waals surface area contributed by atoms with Crippen LogP contribution >= 0.6 is 0 Å². The van der Waals surface area contributed by atoms with E-state index in [9.17, 15) is 19.2 Å². The molecule has 1 fully saturated rings. The van der Waals surface area contributed by atoms with Crippen LogP contribution in [0.2, 0.25) is 0 Å². The first kappa shape index (κ1) is 23.6. The molecule has 2 aromatic heterocycles. The van der Waals surface area contributed by atoms with E-state index >= 15 is 0 Å². The van der Waals surface area contributed by atoms with Gasteiger partial charge in [0.25, 0.3) is 11.8 Å². The van der Waals surface area contributed by atoms with Crippen LogP contribution in [0.5, 0.6) is 0 Å². The van der Waals surface area contributed by atoms with E-state index in [4.69, 9.17) is 0 Å². The van der Waals surface area contributed by atoms with Crippen LogP contribution in [0.1, 0.15) is 44.8 Å². The standard InChI is InChI=1S/C27H25N7O4/c1-32-13-17(19-4-2-3-5-22(19)32)10-11-28-25(36)21-15-34(31-30-21)18-7-6-16-14-33(27(38)20(16)12-18)23-8-9-24(35)29-26(23)37/h2-7,12-13,15,23H,8-11,14H2,1H3,(H,28,36)(H,29,35,37). The van der Waals surface area contributed by atoms with Gasteiger partial charge in [0, 0.05) is 49.2 Å². The van der Waals surface area contributed by atoms with Gasteiger partial charge in [-0.3, -0.25) is 24.5 Å². The van der Waals surface area contributed by atoms with Crippen LogP contribution in [0.15, 0.2) is 54.9 Å². The number of benzene rings is 2. The lowest BCUT2D eigenvalue weighted by Gasteiger charge is -2.29. The zero-order chi connectivity index (χ0) is 26.4. The number of hydrogen-bond donors (Lipinski definition) is 2. The van der Waals surface area contributed by atoms with Gasteiger partial charge in [-0.1, -0.05) is 29.5 Å². The van der Waals surface area contributed by atoms with E-state index in [0.29, 0.717) is 37.2 Å². The number of carbonyl (C=O) groups is 4. The van der Waals surface area contributed by atoms with Gasteiger partial charge in [-0.25, -0.2) is 4.68 Å². The summed E-state index contributed by atoms with van der Waals surface area (Å²) < 4.78 is 3.52. The molecule has 2 aliphatic rings. The van der Waals surface area contributed by atoms with Gasteiger partial charge >= 0.3 is 0 Å². The number of fused-ring (bicyclic) bond motifs is 2. The Bertz CT molecular complexity index is 1620. The number of aromatic nitrogens is 4. The van der Waals surface area contributed by atoms with Crippen molar-refractivity contribution in [2.45, 2.75) is 31.8 Å². The van der Waals surface area contributed by atoms with E-state index in [0.717, 1.165) is 22.0 Å². The Morgan fingerprint density at radius 3 is 2.82 bits per heavy atom. The first-order chi connectivity index (χ1) is 18.4. The van der Waals surface area contributed by atoms with Crippen molar-refractivity contribution in [2.75, 3.05) is 6.54 Å². The summed E-state index contributed by atoms with van der Waals surface area (Å²) in [5, 5.41) is 14.4. The van der Waals surface area contributed by atoms with Gasteiger partial charge in [-0.15, -0.1) is 5.10 Å². The van der Waals surface area contributed by atoms with Crippen molar-refractivity contribution in [1.82, 2.24) is 35.1 Å². The smallest absolute Gasteiger partial charge is 0.273 e. The molecule has 1 saturated heterocycles. The second-order valence-electron chi connectivity index (χ2n) is 9.58. The largest absolute Gasteiger partial charge is 0.350 e. The number of imide groups is 1. The van der Waals surface area contributed by atoms with E-state index in [1.54, 1.807) is 18.2 Å². The lowest BCUT2D eigenvalue weighted by atomic mass is 10.0. The molecular weight excluding hydrogens is 486 g/mol. The average Bonchev–Trinajstić information content (AvgIpc) is 3.61. The van der Waals surface area contributed by atoms with Gasteiger partial charge in [0.05, 0.1) is 11.9 Å². The molecule has 2 aliphatic heterocycles. The molecule has 11 heteroatoms. The molecule has 4 aromatic rings.